The van der Waals surface area contributed by atoms with E-state index in [0.717, 1.165) is 5.56 Å². The zero-order valence-corrected chi connectivity index (χ0v) is 11.8. The molecule has 0 aliphatic rings. The van der Waals surface area contributed by atoms with Crippen LogP contribution in [0.25, 0.3) is 0 Å². The molecule has 0 spiro atoms. The standard InChI is InChI=1S/C18H16FNO/c1-13-2-4-14(5-3-13)6-11-18(21)17(12-20)15-7-9-16(19)10-8-15/h2-5,7-10,17H,6,11H2,1H3. The topological polar surface area (TPSA) is 40.9 Å². The van der Waals surface area contributed by atoms with Crippen LogP contribution in [0.3, 0.4) is 0 Å². The molecule has 0 fully saturated rings. The number of nitrogens with zero attached hydrogens (tertiary/aromatic N) is 1. The minimum Gasteiger partial charge on any atom is -0.298 e. The molecule has 2 nitrogen and oxygen atoms in total. The van der Waals surface area contributed by atoms with Crippen molar-refractivity contribution >= 4 is 5.78 Å². The Morgan fingerprint density at radius 1 is 1.14 bits per heavy atom. The molecule has 0 saturated heterocycles. The Kier molecular flexibility index (Phi) is 4.84. The van der Waals surface area contributed by atoms with Gasteiger partial charge in [0.05, 0.1) is 6.07 Å². The molecule has 0 radical (unpaired) electrons. The van der Waals surface area contributed by atoms with E-state index in [4.69, 9.17) is 0 Å². The molecule has 0 aromatic heterocycles. The molecule has 1 atom stereocenters. The summed E-state index contributed by atoms with van der Waals surface area (Å²) in [6, 6.07) is 15.5. The fourth-order valence-corrected chi connectivity index (χ4v) is 2.15. The number of nitriles is 1. The summed E-state index contributed by atoms with van der Waals surface area (Å²) in [6.45, 7) is 2.01. The van der Waals surface area contributed by atoms with Gasteiger partial charge in [-0.1, -0.05) is 42.0 Å². The Hall–Kier alpha value is -2.47. The van der Waals surface area contributed by atoms with Gasteiger partial charge in [0.25, 0.3) is 0 Å². The van der Waals surface area contributed by atoms with Gasteiger partial charge in [-0.2, -0.15) is 5.26 Å². The predicted molar refractivity (Wildman–Crippen MR) is 79.3 cm³/mol. The number of carbonyl (C=O) groups excluding carboxylic acids is 1. The Bertz CT molecular complexity index is 653. The van der Waals surface area contributed by atoms with Crippen LogP contribution in [0.2, 0.25) is 0 Å². The first kappa shape index (κ1) is 14.9. The van der Waals surface area contributed by atoms with Gasteiger partial charge < -0.3 is 0 Å². The van der Waals surface area contributed by atoms with Crippen LogP contribution in [0, 0.1) is 24.1 Å². The summed E-state index contributed by atoms with van der Waals surface area (Å²) >= 11 is 0. The molecule has 2 aromatic carbocycles. The highest BCUT2D eigenvalue weighted by molar-refractivity contribution is 5.88. The summed E-state index contributed by atoms with van der Waals surface area (Å²) in [5.74, 6) is -1.33. The molecule has 2 aromatic rings. The van der Waals surface area contributed by atoms with Crippen molar-refractivity contribution in [3.05, 3.63) is 71.0 Å². The molecule has 0 N–H and O–H groups in total. The third-order valence-electron chi connectivity index (χ3n) is 3.44. The van der Waals surface area contributed by atoms with Gasteiger partial charge in [0, 0.05) is 6.42 Å². The van der Waals surface area contributed by atoms with Gasteiger partial charge in [0.15, 0.2) is 5.78 Å². The van der Waals surface area contributed by atoms with E-state index < -0.39 is 5.92 Å². The first-order valence-electron chi connectivity index (χ1n) is 6.83. The minimum absolute atomic E-state index is 0.135. The molecule has 3 heteroatoms. The van der Waals surface area contributed by atoms with E-state index in [0.29, 0.717) is 18.4 Å². The molecular formula is C18H16FNO. The second-order valence-corrected chi connectivity index (χ2v) is 5.07. The van der Waals surface area contributed by atoms with Crippen LogP contribution >= 0.6 is 0 Å². The minimum atomic E-state index is -0.823. The lowest BCUT2D eigenvalue weighted by molar-refractivity contribution is -0.119. The molecule has 0 bridgehead atoms. The van der Waals surface area contributed by atoms with Gasteiger partial charge in [-0.25, -0.2) is 4.39 Å². The van der Waals surface area contributed by atoms with Crippen molar-refractivity contribution in [2.24, 2.45) is 0 Å². The maximum Gasteiger partial charge on any atom is 0.154 e. The summed E-state index contributed by atoms with van der Waals surface area (Å²) in [4.78, 5) is 12.2. The third-order valence-corrected chi connectivity index (χ3v) is 3.44. The number of ketones is 1. The van der Waals surface area contributed by atoms with Crippen LogP contribution in [0.15, 0.2) is 48.5 Å². The van der Waals surface area contributed by atoms with Crippen molar-refractivity contribution in [2.45, 2.75) is 25.7 Å². The fraction of sp³-hybridized carbons (Fsp3) is 0.222. The van der Waals surface area contributed by atoms with Crippen molar-refractivity contribution in [2.75, 3.05) is 0 Å². The second-order valence-electron chi connectivity index (χ2n) is 5.07. The third kappa shape index (κ3) is 4.00. The van der Waals surface area contributed by atoms with E-state index in [1.165, 1.54) is 29.8 Å². The zero-order valence-electron chi connectivity index (χ0n) is 11.8. The average molecular weight is 281 g/mol. The zero-order chi connectivity index (χ0) is 15.2. The van der Waals surface area contributed by atoms with E-state index in [2.05, 4.69) is 0 Å². The van der Waals surface area contributed by atoms with Crippen LogP contribution in [0.4, 0.5) is 4.39 Å². The van der Waals surface area contributed by atoms with Gasteiger partial charge in [-0.15, -0.1) is 0 Å². The van der Waals surface area contributed by atoms with Crippen molar-refractivity contribution in [1.29, 1.82) is 5.26 Å². The molecule has 0 amide bonds. The van der Waals surface area contributed by atoms with Crippen LogP contribution < -0.4 is 0 Å². The SMILES string of the molecule is Cc1ccc(CCC(=O)C(C#N)c2ccc(F)cc2)cc1. The van der Waals surface area contributed by atoms with Crippen LogP contribution in [0.1, 0.15) is 29.0 Å². The summed E-state index contributed by atoms with van der Waals surface area (Å²) in [5, 5.41) is 9.19. The first-order chi connectivity index (χ1) is 10.1. The van der Waals surface area contributed by atoms with Crippen molar-refractivity contribution in [3.8, 4) is 6.07 Å². The molecule has 0 aliphatic heterocycles. The van der Waals surface area contributed by atoms with Gasteiger partial charge in [0.1, 0.15) is 11.7 Å². The highest BCUT2D eigenvalue weighted by atomic mass is 19.1. The summed E-state index contributed by atoms with van der Waals surface area (Å²) < 4.78 is 12.9. The largest absolute Gasteiger partial charge is 0.298 e. The number of carbonyl (C=O) groups is 1. The fourth-order valence-electron chi connectivity index (χ4n) is 2.15. The number of halogens is 1. The van der Waals surface area contributed by atoms with Crippen LogP contribution in [0.5, 0.6) is 0 Å². The lowest BCUT2D eigenvalue weighted by atomic mass is 9.92. The monoisotopic (exact) mass is 281 g/mol. The maximum absolute atomic E-state index is 12.9. The van der Waals surface area contributed by atoms with E-state index >= 15 is 0 Å². The Balaban J connectivity index is 2.02. The first-order valence-corrected chi connectivity index (χ1v) is 6.83. The van der Waals surface area contributed by atoms with E-state index in [-0.39, 0.29) is 11.6 Å². The number of hydrogen-bond acceptors (Lipinski definition) is 2. The molecule has 0 heterocycles. The van der Waals surface area contributed by atoms with E-state index in [1.807, 2.05) is 37.3 Å². The van der Waals surface area contributed by atoms with E-state index in [1.54, 1.807) is 0 Å². The summed E-state index contributed by atoms with van der Waals surface area (Å²) in [7, 11) is 0. The summed E-state index contributed by atoms with van der Waals surface area (Å²) in [6.07, 6.45) is 0.914. The van der Waals surface area contributed by atoms with Crippen molar-refractivity contribution < 1.29 is 9.18 Å². The lowest BCUT2D eigenvalue weighted by Gasteiger charge is -2.08. The molecule has 2 rings (SSSR count). The quantitative estimate of drug-likeness (QED) is 0.832. The normalized spacial score (nSPS) is 11.7. The second kappa shape index (κ2) is 6.81. The van der Waals surface area contributed by atoms with Crippen molar-refractivity contribution in [1.82, 2.24) is 0 Å². The average Bonchev–Trinajstić information content (AvgIpc) is 2.49. The maximum atomic E-state index is 12.9. The van der Waals surface area contributed by atoms with Crippen LogP contribution in [-0.2, 0) is 11.2 Å². The number of Topliss-reactive ketones (excluding diaryl/α,β-unsaturated/α-hetero) is 1. The predicted octanol–water partition coefficient (Wildman–Crippen LogP) is 3.94. The number of hydrogen-bond donors (Lipinski definition) is 0. The van der Waals surface area contributed by atoms with Gasteiger partial charge in [-0.3, -0.25) is 4.79 Å². The molecule has 0 saturated carbocycles. The van der Waals surface area contributed by atoms with Gasteiger partial charge in [0.2, 0.25) is 0 Å². The smallest absolute Gasteiger partial charge is 0.154 e. The Morgan fingerprint density at radius 3 is 2.33 bits per heavy atom. The van der Waals surface area contributed by atoms with E-state index in [9.17, 15) is 14.4 Å². The Labute approximate surface area is 123 Å². The number of rotatable bonds is 5. The van der Waals surface area contributed by atoms with Crippen molar-refractivity contribution in [3.63, 3.8) is 0 Å². The molecule has 106 valence electrons. The summed E-state index contributed by atoms with van der Waals surface area (Å²) in [5.41, 5.74) is 2.80. The molecule has 21 heavy (non-hydrogen) atoms. The number of aryl methyl sites for hydroxylation is 2. The highest BCUT2D eigenvalue weighted by Gasteiger charge is 2.19. The van der Waals surface area contributed by atoms with Crippen LogP contribution in [-0.4, -0.2) is 5.78 Å². The highest BCUT2D eigenvalue weighted by Crippen LogP contribution is 2.19. The number of benzene rings is 2. The molecule has 0 aliphatic carbocycles. The lowest BCUT2D eigenvalue weighted by Crippen LogP contribution is -2.11. The Morgan fingerprint density at radius 2 is 1.76 bits per heavy atom. The van der Waals surface area contributed by atoms with Gasteiger partial charge in [-0.05, 0) is 36.6 Å². The van der Waals surface area contributed by atoms with Gasteiger partial charge >= 0.3 is 0 Å². The molecule has 1 unspecified atom stereocenters. The molecular weight excluding hydrogens is 265 g/mol.